The molecule has 0 radical (unpaired) electrons. The van der Waals surface area contributed by atoms with Crippen molar-refractivity contribution in [3.8, 4) is 28.6 Å². The van der Waals surface area contributed by atoms with Gasteiger partial charge in [0.05, 0.1) is 13.7 Å². The Morgan fingerprint density at radius 3 is 2.27 bits per heavy atom. The molecule has 0 unspecified atom stereocenters. The average molecular weight is 419 g/mol. The molecule has 0 spiro atoms. The molecule has 2 aromatic carbocycles. The molecule has 0 fully saturated rings. The molecule has 6 nitrogen and oxygen atoms in total. The zero-order valence-corrected chi connectivity index (χ0v) is 17.7. The Morgan fingerprint density at radius 2 is 1.57 bits per heavy atom. The third-order valence-electron chi connectivity index (χ3n) is 4.51. The lowest BCUT2D eigenvalue weighted by Crippen LogP contribution is -2.03. The van der Waals surface area contributed by atoms with E-state index in [4.69, 9.17) is 9.47 Å². The van der Waals surface area contributed by atoms with Crippen molar-refractivity contribution in [1.82, 2.24) is 19.7 Å². The van der Waals surface area contributed by atoms with Gasteiger partial charge in [0.25, 0.3) is 0 Å². The number of benzene rings is 2. The predicted octanol–water partition coefficient (Wildman–Crippen LogP) is 4.82. The second kappa shape index (κ2) is 9.45. The zero-order chi connectivity index (χ0) is 20.8. The van der Waals surface area contributed by atoms with E-state index in [0.29, 0.717) is 6.61 Å². The van der Waals surface area contributed by atoms with Crippen molar-refractivity contribution in [3.05, 3.63) is 78.6 Å². The summed E-state index contributed by atoms with van der Waals surface area (Å²) in [4.78, 5) is 4.10. The molecule has 2 aromatic heterocycles. The van der Waals surface area contributed by atoms with Crippen LogP contribution < -0.4 is 9.47 Å². The number of rotatable bonds is 8. The molecule has 0 saturated heterocycles. The monoisotopic (exact) mass is 418 g/mol. The van der Waals surface area contributed by atoms with Crippen LogP contribution >= 0.6 is 11.8 Å². The van der Waals surface area contributed by atoms with E-state index in [1.54, 1.807) is 31.3 Å². The summed E-state index contributed by atoms with van der Waals surface area (Å²) >= 11 is 1.61. The Hall–Kier alpha value is -3.32. The van der Waals surface area contributed by atoms with Gasteiger partial charge in [0.15, 0.2) is 11.0 Å². The second-order valence-electron chi connectivity index (χ2n) is 6.59. The quantitative estimate of drug-likeness (QED) is 0.302. The topological polar surface area (TPSA) is 62.1 Å². The van der Waals surface area contributed by atoms with Crippen LogP contribution in [0.1, 0.15) is 5.56 Å². The van der Waals surface area contributed by atoms with Gasteiger partial charge in [-0.3, -0.25) is 9.55 Å². The van der Waals surface area contributed by atoms with E-state index in [0.717, 1.165) is 39.5 Å². The van der Waals surface area contributed by atoms with E-state index in [2.05, 4.69) is 22.1 Å². The maximum atomic E-state index is 5.85. The Balaban J connectivity index is 1.54. The summed E-state index contributed by atoms with van der Waals surface area (Å²) in [6.45, 7) is 2.64. The first kappa shape index (κ1) is 20.0. The van der Waals surface area contributed by atoms with Gasteiger partial charge in [0.1, 0.15) is 11.5 Å². The molecule has 4 aromatic rings. The van der Waals surface area contributed by atoms with E-state index in [1.165, 1.54) is 5.56 Å². The largest absolute Gasteiger partial charge is 0.497 e. The fourth-order valence-electron chi connectivity index (χ4n) is 2.94. The summed E-state index contributed by atoms with van der Waals surface area (Å²) in [6.07, 6.45) is 3.51. The number of ether oxygens (including phenoxy) is 2. The summed E-state index contributed by atoms with van der Waals surface area (Å²) in [5.41, 5.74) is 3.14. The number of methoxy groups -OCH3 is 1. The minimum Gasteiger partial charge on any atom is -0.497 e. The van der Waals surface area contributed by atoms with Gasteiger partial charge in [0, 0.05) is 29.4 Å². The fraction of sp³-hybridized carbons (Fsp3) is 0.174. The smallest absolute Gasteiger partial charge is 0.196 e. The molecule has 0 saturated carbocycles. The average Bonchev–Trinajstić information content (AvgIpc) is 3.22. The van der Waals surface area contributed by atoms with Gasteiger partial charge in [-0.05, 0) is 55.5 Å². The van der Waals surface area contributed by atoms with E-state index >= 15 is 0 Å². The van der Waals surface area contributed by atoms with Crippen LogP contribution in [0.2, 0.25) is 0 Å². The lowest BCUT2D eigenvalue weighted by molar-refractivity contribution is 0.344. The van der Waals surface area contributed by atoms with Crippen LogP contribution in [0.3, 0.4) is 0 Å². The molecule has 0 aliphatic rings. The summed E-state index contributed by atoms with van der Waals surface area (Å²) in [7, 11) is 1.66. The zero-order valence-electron chi connectivity index (χ0n) is 16.9. The van der Waals surface area contributed by atoms with Crippen molar-refractivity contribution in [2.75, 3.05) is 19.5 Å². The SMILES string of the molecule is COc1ccc(-n2c(SCCOc3ccc(C)cc3)nnc2-c2ccncc2)cc1. The third kappa shape index (κ3) is 4.63. The number of hydrogen-bond donors (Lipinski definition) is 0. The molecule has 0 amide bonds. The number of hydrogen-bond acceptors (Lipinski definition) is 6. The molecule has 7 heteroatoms. The second-order valence-corrected chi connectivity index (χ2v) is 7.65. The van der Waals surface area contributed by atoms with Crippen LogP contribution in [0.4, 0.5) is 0 Å². The molecular weight excluding hydrogens is 396 g/mol. The van der Waals surface area contributed by atoms with Crippen molar-refractivity contribution in [2.24, 2.45) is 0 Å². The van der Waals surface area contributed by atoms with Gasteiger partial charge in [-0.15, -0.1) is 10.2 Å². The molecule has 0 aliphatic heterocycles. The van der Waals surface area contributed by atoms with Gasteiger partial charge in [-0.25, -0.2) is 0 Å². The number of nitrogens with zero attached hydrogens (tertiary/aromatic N) is 4. The Morgan fingerprint density at radius 1 is 0.867 bits per heavy atom. The molecule has 0 N–H and O–H groups in total. The van der Waals surface area contributed by atoms with Crippen LogP contribution in [-0.4, -0.2) is 39.2 Å². The van der Waals surface area contributed by atoms with Crippen molar-refractivity contribution in [1.29, 1.82) is 0 Å². The maximum absolute atomic E-state index is 5.85. The Labute approximate surface area is 179 Å². The minimum atomic E-state index is 0.577. The normalized spacial score (nSPS) is 10.7. The van der Waals surface area contributed by atoms with E-state index in [1.807, 2.05) is 65.2 Å². The van der Waals surface area contributed by atoms with Gasteiger partial charge < -0.3 is 9.47 Å². The molecule has 0 bridgehead atoms. The molecular formula is C23H22N4O2S. The highest BCUT2D eigenvalue weighted by molar-refractivity contribution is 7.99. The third-order valence-corrected chi connectivity index (χ3v) is 5.40. The molecule has 152 valence electrons. The van der Waals surface area contributed by atoms with E-state index in [9.17, 15) is 0 Å². The lowest BCUT2D eigenvalue weighted by atomic mass is 10.2. The summed E-state index contributed by atoms with van der Waals surface area (Å²) in [5, 5.41) is 9.69. The van der Waals surface area contributed by atoms with E-state index in [-0.39, 0.29) is 0 Å². The first-order valence-electron chi connectivity index (χ1n) is 9.57. The molecule has 0 atom stereocenters. The highest BCUT2D eigenvalue weighted by Gasteiger charge is 2.16. The van der Waals surface area contributed by atoms with E-state index < -0.39 is 0 Å². The molecule has 4 rings (SSSR count). The fourth-order valence-corrected chi connectivity index (χ4v) is 3.71. The van der Waals surface area contributed by atoms with Gasteiger partial charge in [-0.1, -0.05) is 29.5 Å². The van der Waals surface area contributed by atoms with Crippen molar-refractivity contribution >= 4 is 11.8 Å². The van der Waals surface area contributed by atoms with Crippen LogP contribution in [-0.2, 0) is 0 Å². The Bertz CT molecular complexity index is 1080. The standard InChI is InChI=1S/C23H22N4O2S/c1-17-3-7-21(8-4-17)29-15-16-30-23-26-25-22(18-11-13-24-14-12-18)27(23)19-5-9-20(28-2)10-6-19/h3-14H,15-16H2,1-2H3. The summed E-state index contributed by atoms with van der Waals surface area (Å²) in [6, 6.07) is 19.8. The van der Waals surface area contributed by atoms with Crippen molar-refractivity contribution in [2.45, 2.75) is 12.1 Å². The predicted molar refractivity (Wildman–Crippen MR) is 119 cm³/mol. The number of aryl methyl sites for hydroxylation is 1. The van der Waals surface area contributed by atoms with Crippen LogP contribution in [0.25, 0.3) is 17.1 Å². The van der Waals surface area contributed by atoms with Crippen LogP contribution in [0.5, 0.6) is 11.5 Å². The minimum absolute atomic E-state index is 0.577. The number of pyridine rings is 1. The summed E-state index contributed by atoms with van der Waals surface area (Å²) in [5.74, 6) is 3.19. The van der Waals surface area contributed by atoms with Gasteiger partial charge in [0.2, 0.25) is 0 Å². The Kier molecular flexibility index (Phi) is 6.29. The highest BCUT2D eigenvalue weighted by Crippen LogP contribution is 2.28. The highest BCUT2D eigenvalue weighted by atomic mass is 32.2. The van der Waals surface area contributed by atoms with Gasteiger partial charge >= 0.3 is 0 Å². The van der Waals surface area contributed by atoms with Crippen LogP contribution in [0, 0.1) is 6.92 Å². The maximum Gasteiger partial charge on any atom is 0.196 e. The molecule has 0 aliphatic carbocycles. The molecule has 2 heterocycles. The molecule has 30 heavy (non-hydrogen) atoms. The van der Waals surface area contributed by atoms with Crippen molar-refractivity contribution in [3.63, 3.8) is 0 Å². The first-order chi connectivity index (χ1) is 14.7. The summed E-state index contributed by atoms with van der Waals surface area (Å²) < 4.78 is 13.2. The first-order valence-corrected chi connectivity index (χ1v) is 10.6. The number of aromatic nitrogens is 4. The number of thioether (sulfide) groups is 1. The lowest BCUT2D eigenvalue weighted by Gasteiger charge is -2.11. The van der Waals surface area contributed by atoms with Crippen LogP contribution in [0.15, 0.2) is 78.2 Å². The van der Waals surface area contributed by atoms with Gasteiger partial charge in [-0.2, -0.15) is 0 Å². The van der Waals surface area contributed by atoms with Crippen molar-refractivity contribution < 1.29 is 9.47 Å².